The Bertz CT molecular complexity index is 811. The Balaban J connectivity index is 2.04. The summed E-state index contributed by atoms with van der Waals surface area (Å²) in [4.78, 5) is 25.0. The van der Waals surface area contributed by atoms with Gasteiger partial charge in [0.15, 0.2) is 0 Å². The van der Waals surface area contributed by atoms with Crippen molar-refractivity contribution in [3.63, 3.8) is 0 Å². The average Bonchev–Trinajstić information content (AvgIpc) is 2.88. The molecule has 1 amide bonds. The van der Waals surface area contributed by atoms with Crippen LogP contribution in [0.5, 0.6) is 0 Å². The van der Waals surface area contributed by atoms with Gasteiger partial charge in [0.25, 0.3) is 0 Å². The number of nitrogens with one attached hydrogen (secondary N) is 1. The van der Waals surface area contributed by atoms with Gasteiger partial charge in [0.1, 0.15) is 17.9 Å². The number of carbonyl (C=O) groups excluding carboxylic acids is 1. The first-order valence-corrected chi connectivity index (χ1v) is 8.95. The molecule has 0 aliphatic rings. The number of nitrogens with zero attached hydrogens (tertiary/aromatic N) is 4. The highest BCUT2D eigenvalue weighted by atomic mass is 16.6. The van der Waals surface area contributed by atoms with Gasteiger partial charge in [-0.05, 0) is 45.5 Å². The third kappa shape index (κ3) is 4.91. The number of aromatic nitrogens is 2. The van der Waals surface area contributed by atoms with Crippen molar-refractivity contribution >= 4 is 11.6 Å². The van der Waals surface area contributed by atoms with Crippen LogP contribution in [0.25, 0.3) is 0 Å². The second kappa shape index (κ2) is 8.77. The van der Waals surface area contributed by atoms with Crippen LogP contribution in [0.2, 0.25) is 0 Å². The zero-order valence-corrected chi connectivity index (χ0v) is 16.5. The SMILES string of the molecule is CCc1ccc([C@H](CNC(=O)Cn2nc(C)c([N+](=O)[O-])c2C)N(C)C)cc1. The van der Waals surface area contributed by atoms with Crippen molar-refractivity contribution in [3.05, 3.63) is 56.9 Å². The standard InChI is InChI=1S/C19H27N5O3/c1-6-15-7-9-16(10-8-15)17(22(4)5)11-20-18(25)12-23-14(3)19(24(26)27)13(2)21-23/h7-10,17H,6,11-12H2,1-5H3,(H,20,25)/t17-/m0/s1. The smallest absolute Gasteiger partial charge is 0.312 e. The molecule has 27 heavy (non-hydrogen) atoms. The van der Waals surface area contributed by atoms with Crippen molar-refractivity contribution in [2.75, 3.05) is 20.6 Å². The van der Waals surface area contributed by atoms with Gasteiger partial charge in [-0.3, -0.25) is 19.6 Å². The second-order valence-corrected chi connectivity index (χ2v) is 6.81. The summed E-state index contributed by atoms with van der Waals surface area (Å²) in [5, 5.41) is 18.1. The lowest BCUT2D eigenvalue weighted by Crippen LogP contribution is -2.36. The first-order valence-electron chi connectivity index (χ1n) is 8.95. The minimum Gasteiger partial charge on any atom is -0.353 e. The normalized spacial score (nSPS) is 12.2. The second-order valence-electron chi connectivity index (χ2n) is 6.81. The summed E-state index contributed by atoms with van der Waals surface area (Å²) >= 11 is 0. The zero-order chi connectivity index (χ0) is 20.1. The molecule has 2 aromatic rings. The van der Waals surface area contributed by atoms with Gasteiger partial charge in [0.05, 0.1) is 11.0 Å². The molecule has 1 aromatic carbocycles. The molecule has 0 spiro atoms. The Kier molecular flexibility index (Phi) is 6.68. The molecule has 0 aliphatic heterocycles. The van der Waals surface area contributed by atoms with E-state index in [1.165, 1.54) is 10.2 Å². The zero-order valence-electron chi connectivity index (χ0n) is 16.5. The fourth-order valence-corrected chi connectivity index (χ4v) is 3.08. The molecule has 0 unspecified atom stereocenters. The molecular formula is C19H27N5O3. The molecule has 0 bridgehead atoms. The minimum atomic E-state index is -0.464. The molecule has 1 heterocycles. The Hall–Kier alpha value is -2.74. The number of hydrogen-bond acceptors (Lipinski definition) is 5. The number of aryl methyl sites for hydroxylation is 2. The highest BCUT2D eigenvalue weighted by Crippen LogP contribution is 2.22. The number of likely N-dealkylation sites (N-methyl/N-ethyl adjacent to an activating group) is 1. The van der Waals surface area contributed by atoms with Crippen LogP contribution in [0.4, 0.5) is 5.69 Å². The fraction of sp³-hybridized carbons (Fsp3) is 0.474. The molecule has 1 atom stereocenters. The van der Waals surface area contributed by atoms with Crippen LogP contribution in [-0.2, 0) is 17.8 Å². The van der Waals surface area contributed by atoms with Gasteiger partial charge in [-0.1, -0.05) is 31.2 Å². The van der Waals surface area contributed by atoms with E-state index >= 15 is 0 Å². The topological polar surface area (TPSA) is 93.3 Å². The summed E-state index contributed by atoms with van der Waals surface area (Å²) in [6.45, 7) is 5.68. The third-order valence-electron chi connectivity index (χ3n) is 4.71. The molecule has 8 heteroatoms. The molecule has 1 aromatic heterocycles. The van der Waals surface area contributed by atoms with Crippen molar-refractivity contribution in [1.82, 2.24) is 20.0 Å². The van der Waals surface area contributed by atoms with Crippen LogP contribution in [0, 0.1) is 24.0 Å². The van der Waals surface area contributed by atoms with E-state index in [1.54, 1.807) is 13.8 Å². The number of hydrogen-bond donors (Lipinski definition) is 1. The molecule has 2 rings (SSSR count). The number of benzene rings is 1. The van der Waals surface area contributed by atoms with E-state index < -0.39 is 4.92 Å². The summed E-state index contributed by atoms with van der Waals surface area (Å²) < 4.78 is 1.38. The van der Waals surface area contributed by atoms with E-state index in [1.807, 2.05) is 14.1 Å². The Labute approximate surface area is 159 Å². The predicted octanol–water partition coefficient (Wildman–Crippen LogP) is 2.39. The van der Waals surface area contributed by atoms with Gasteiger partial charge in [-0.25, -0.2) is 0 Å². The van der Waals surface area contributed by atoms with Gasteiger partial charge in [-0.15, -0.1) is 0 Å². The van der Waals surface area contributed by atoms with E-state index in [0.29, 0.717) is 17.9 Å². The Morgan fingerprint density at radius 2 is 1.93 bits per heavy atom. The quantitative estimate of drug-likeness (QED) is 0.566. The minimum absolute atomic E-state index is 0.0367. The van der Waals surface area contributed by atoms with E-state index in [0.717, 1.165) is 12.0 Å². The summed E-state index contributed by atoms with van der Waals surface area (Å²) in [6.07, 6.45) is 0.985. The monoisotopic (exact) mass is 373 g/mol. The molecule has 1 N–H and O–H groups in total. The van der Waals surface area contributed by atoms with E-state index in [-0.39, 0.29) is 24.2 Å². The van der Waals surface area contributed by atoms with Gasteiger partial charge in [0.2, 0.25) is 5.91 Å². The van der Waals surface area contributed by atoms with Gasteiger partial charge >= 0.3 is 5.69 Å². The van der Waals surface area contributed by atoms with Crippen molar-refractivity contribution in [2.45, 2.75) is 39.8 Å². The first-order chi connectivity index (χ1) is 12.7. The number of nitro groups is 1. The molecule has 0 saturated heterocycles. The summed E-state index contributed by atoms with van der Waals surface area (Å²) in [7, 11) is 3.93. The maximum atomic E-state index is 12.4. The average molecular weight is 373 g/mol. The summed E-state index contributed by atoms with van der Waals surface area (Å²) in [5.41, 5.74) is 3.05. The van der Waals surface area contributed by atoms with Gasteiger partial charge in [0, 0.05) is 6.54 Å². The fourth-order valence-electron chi connectivity index (χ4n) is 3.08. The molecule has 0 fully saturated rings. The summed E-state index contributed by atoms with van der Waals surface area (Å²) in [6, 6.07) is 8.40. The van der Waals surface area contributed by atoms with E-state index in [2.05, 4.69) is 46.5 Å². The lowest BCUT2D eigenvalue weighted by molar-refractivity contribution is -0.386. The van der Waals surface area contributed by atoms with Gasteiger partial charge in [-0.2, -0.15) is 5.10 Å². The maximum Gasteiger partial charge on any atom is 0.312 e. The van der Waals surface area contributed by atoms with Crippen LogP contribution in [-0.4, -0.2) is 46.2 Å². The first kappa shape index (κ1) is 20.6. The number of amides is 1. The predicted molar refractivity (Wildman–Crippen MR) is 104 cm³/mol. The largest absolute Gasteiger partial charge is 0.353 e. The molecule has 0 aliphatic carbocycles. The number of rotatable bonds is 8. The molecule has 0 radical (unpaired) electrons. The Morgan fingerprint density at radius 1 is 1.30 bits per heavy atom. The van der Waals surface area contributed by atoms with Crippen LogP contribution in [0.1, 0.15) is 35.5 Å². The van der Waals surface area contributed by atoms with Crippen LogP contribution >= 0.6 is 0 Å². The van der Waals surface area contributed by atoms with Crippen molar-refractivity contribution in [1.29, 1.82) is 0 Å². The van der Waals surface area contributed by atoms with Crippen molar-refractivity contribution in [3.8, 4) is 0 Å². The van der Waals surface area contributed by atoms with Crippen molar-refractivity contribution < 1.29 is 9.72 Å². The van der Waals surface area contributed by atoms with Crippen LogP contribution < -0.4 is 5.32 Å². The van der Waals surface area contributed by atoms with Gasteiger partial charge < -0.3 is 10.2 Å². The lowest BCUT2D eigenvalue weighted by atomic mass is 10.0. The summed E-state index contributed by atoms with van der Waals surface area (Å²) in [5.74, 6) is -0.229. The molecule has 8 nitrogen and oxygen atoms in total. The highest BCUT2D eigenvalue weighted by molar-refractivity contribution is 5.75. The lowest BCUT2D eigenvalue weighted by Gasteiger charge is -2.25. The highest BCUT2D eigenvalue weighted by Gasteiger charge is 2.23. The Morgan fingerprint density at radius 3 is 2.41 bits per heavy atom. The maximum absolute atomic E-state index is 12.4. The molecular weight excluding hydrogens is 346 g/mol. The van der Waals surface area contributed by atoms with E-state index in [9.17, 15) is 14.9 Å². The van der Waals surface area contributed by atoms with E-state index in [4.69, 9.17) is 0 Å². The number of carbonyl (C=O) groups is 1. The molecule has 0 saturated carbocycles. The van der Waals surface area contributed by atoms with Crippen LogP contribution in [0.3, 0.4) is 0 Å². The van der Waals surface area contributed by atoms with Crippen molar-refractivity contribution in [2.24, 2.45) is 0 Å². The third-order valence-corrected chi connectivity index (χ3v) is 4.71. The molecule has 146 valence electrons. The van der Waals surface area contributed by atoms with Crippen LogP contribution in [0.15, 0.2) is 24.3 Å².